The van der Waals surface area contributed by atoms with Crippen LogP contribution in [0.25, 0.3) is 4.91 Å². The molecule has 3 rings (SSSR count). The standard InChI is InChI=1S/C19H23N3O3S/c1-13-10-15(3)22(21-13)12-14(2)20-19(23)17-7-4-6-16(11-17)18-8-5-9-26(18,24)25/h4,6-8,10-11,14H,5,9,12H2,1-3H3,(H,20,23)/t14-/m1/s1. The molecule has 138 valence electrons. The first-order valence-corrected chi connectivity index (χ1v) is 10.3. The number of sulfone groups is 1. The van der Waals surface area contributed by atoms with Gasteiger partial charge in [0.25, 0.3) is 5.91 Å². The van der Waals surface area contributed by atoms with Gasteiger partial charge < -0.3 is 5.32 Å². The van der Waals surface area contributed by atoms with Crippen molar-refractivity contribution in [3.05, 3.63) is 58.9 Å². The molecular formula is C19H23N3O3S. The van der Waals surface area contributed by atoms with Gasteiger partial charge in [0.15, 0.2) is 9.84 Å². The van der Waals surface area contributed by atoms with E-state index in [1.165, 1.54) is 0 Å². The average Bonchev–Trinajstić information content (AvgIpc) is 3.08. The Kier molecular flexibility index (Phi) is 5.00. The van der Waals surface area contributed by atoms with E-state index in [2.05, 4.69) is 10.4 Å². The third-order valence-corrected chi connectivity index (χ3v) is 6.23. The number of hydrogen-bond donors (Lipinski definition) is 1. The predicted octanol–water partition coefficient (Wildman–Crippen LogP) is 2.48. The van der Waals surface area contributed by atoms with E-state index in [4.69, 9.17) is 0 Å². The predicted molar refractivity (Wildman–Crippen MR) is 101 cm³/mol. The van der Waals surface area contributed by atoms with Gasteiger partial charge in [-0.2, -0.15) is 5.10 Å². The number of aromatic nitrogens is 2. The van der Waals surface area contributed by atoms with Crippen LogP contribution in [0.2, 0.25) is 0 Å². The highest BCUT2D eigenvalue weighted by Crippen LogP contribution is 2.28. The van der Waals surface area contributed by atoms with Crippen LogP contribution in [0.3, 0.4) is 0 Å². The minimum atomic E-state index is -3.23. The van der Waals surface area contributed by atoms with Crippen LogP contribution < -0.4 is 5.32 Å². The highest BCUT2D eigenvalue weighted by atomic mass is 32.2. The summed E-state index contributed by atoms with van der Waals surface area (Å²) in [6.07, 6.45) is 2.24. The zero-order valence-corrected chi connectivity index (χ0v) is 16.0. The Balaban J connectivity index is 1.72. The molecule has 0 aliphatic carbocycles. The summed E-state index contributed by atoms with van der Waals surface area (Å²) >= 11 is 0. The van der Waals surface area contributed by atoms with E-state index < -0.39 is 9.84 Å². The smallest absolute Gasteiger partial charge is 0.251 e. The summed E-state index contributed by atoms with van der Waals surface area (Å²) in [5.74, 6) is -0.0878. The second kappa shape index (κ2) is 7.07. The molecular weight excluding hydrogens is 350 g/mol. The van der Waals surface area contributed by atoms with Crippen LogP contribution >= 0.6 is 0 Å². The summed E-state index contributed by atoms with van der Waals surface area (Å²) in [7, 11) is -3.23. The van der Waals surface area contributed by atoms with Crippen molar-refractivity contribution in [2.75, 3.05) is 5.75 Å². The summed E-state index contributed by atoms with van der Waals surface area (Å²) in [6.45, 7) is 6.41. The number of carbonyl (C=O) groups is 1. The van der Waals surface area contributed by atoms with E-state index in [0.717, 1.165) is 11.4 Å². The molecule has 26 heavy (non-hydrogen) atoms. The quantitative estimate of drug-likeness (QED) is 0.873. The van der Waals surface area contributed by atoms with Crippen molar-refractivity contribution >= 4 is 20.6 Å². The minimum absolute atomic E-state index is 0.112. The Morgan fingerprint density at radius 1 is 1.31 bits per heavy atom. The number of benzene rings is 1. The van der Waals surface area contributed by atoms with E-state index >= 15 is 0 Å². The van der Waals surface area contributed by atoms with Gasteiger partial charge in [0.1, 0.15) is 0 Å². The van der Waals surface area contributed by atoms with E-state index in [1.807, 2.05) is 31.5 Å². The van der Waals surface area contributed by atoms with Gasteiger partial charge in [-0.3, -0.25) is 9.48 Å². The highest BCUT2D eigenvalue weighted by Gasteiger charge is 2.24. The summed E-state index contributed by atoms with van der Waals surface area (Å²) in [4.78, 5) is 12.9. The first-order valence-electron chi connectivity index (χ1n) is 8.61. The maximum Gasteiger partial charge on any atom is 0.251 e. The highest BCUT2D eigenvalue weighted by molar-refractivity contribution is 8.00. The van der Waals surface area contributed by atoms with E-state index in [0.29, 0.717) is 29.0 Å². The maximum atomic E-state index is 12.6. The molecule has 1 atom stereocenters. The largest absolute Gasteiger partial charge is 0.348 e. The Morgan fingerprint density at radius 3 is 2.69 bits per heavy atom. The van der Waals surface area contributed by atoms with E-state index in [-0.39, 0.29) is 17.7 Å². The first kappa shape index (κ1) is 18.4. The molecule has 1 aliphatic rings. The van der Waals surface area contributed by atoms with Gasteiger partial charge in [-0.05, 0) is 51.0 Å². The SMILES string of the molecule is Cc1cc(C)n(C[C@@H](C)NC(=O)c2cccc(C3=CCCS3(=O)=O)c2)n1. The molecule has 6 nitrogen and oxygen atoms in total. The van der Waals surface area contributed by atoms with Gasteiger partial charge in [-0.1, -0.05) is 18.2 Å². The summed E-state index contributed by atoms with van der Waals surface area (Å²) in [5.41, 5.74) is 3.01. The Morgan fingerprint density at radius 2 is 2.08 bits per heavy atom. The second-order valence-corrected chi connectivity index (χ2v) is 8.82. The molecule has 0 radical (unpaired) electrons. The van der Waals surface area contributed by atoms with Crippen LogP contribution in [0, 0.1) is 13.8 Å². The average molecular weight is 373 g/mol. The fourth-order valence-electron chi connectivity index (χ4n) is 3.17. The zero-order valence-electron chi connectivity index (χ0n) is 15.2. The summed E-state index contributed by atoms with van der Waals surface area (Å²) < 4.78 is 26.0. The lowest BCUT2D eigenvalue weighted by Gasteiger charge is -2.15. The molecule has 7 heteroatoms. The molecule has 0 saturated heterocycles. The van der Waals surface area contributed by atoms with E-state index in [1.54, 1.807) is 30.3 Å². The van der Waals surface area contributed by atoms with Crippen molar-refractivity contribution in [1.29, 1.82) is 0 Å². The minimum Gasteiger partial charge on any atom is -0.348 e. The third kappa shape index (κ3) is 3.88. The molecule has 1 aromatic carbocycles. The molecule has 0 saturated carbocycles. The fourth-order valence-corrected chi connectivity index (χ4v) is 4.67. The lowest BCUT2D eigenvalue weighted by atomic mass is 10.1. The number of carbonyl (C=O) groups excluding carboxylic acids is 1. The topological polar surface area (TPSA) is 81.1 Å². The van der Waals surface area contributed by atoms with E-state index in [9.17, 15) is 13.2 Å². The molecule has 2 aromatic rings. The molecule has 0 unspecified atom stereocenters. The van der Waals surface area contributed by atoms with Crippen molar-refractivity contribution in [2.24, 2.45) is 0 Å². The first-order chi connectivity index (χ1) is 12.3. The van der Waals surface area contributed by atoms with Gasteiger partial charge in [-0.25, -0.2) is 8.42 Å². The molecule has 1 aliphatic heterocycles. The molecule has 1 aromatic heterocycles. The Labute approximate surface area is 153 Å². The van der Waals surface area contributed by atoms with Crippen LogP contribution in [0.5, 0.6) is 0 Å². The van der Waals surface area contributed by atoms with Crippen LogP contribution in [0.15, 0.2) is 36.4 Å². The number of allylic oxidation sites excluding steroid dienone is 1. The van der Waals surface area contributed by atoms with Gasteiger partial charge >= 0.3 is 0 Å². The van der Waals surface area contributed by atoms with Crippen LogP contribution in [0.4, 0.5) is 0 Å². The molecule has 0 spiro atoms. The van der Waals surface area contributed by atoms with Crippen molar-refractivity contribution in [2.45, 2.75) is 39.8 Å². The lowest BCUT2D eigenvalue weighted by Crippen LogP contribution is -2.36. The molecule has 0 fully saturated rings. The molecule has 1 amide bonds. The number of rotatable bonds is 5. The van der Waals surface area contributed by atoms with Crippen molar-refractivity contribution in [3.8, 4) is 0 Å². The zero-order chi connectivity index (χ0) is 18.9. The molecule has 0 bridgehead atoms. The maximum absolute atomic E-state index is 12.6. The number of aryl methyl sites for hydroxylation is 2. The Hall–Kier alpha value is -2.41. The van der Waals surface area contributed by atoms with Crippen molar-refractivity contribution in [3.63, 3.8) is 0 Å². The number of nitrogens with zero attached hydrogens (tertiary/aromatic N) is 2. The normalized spacial score (nSPS) is 17.0. The van der Waals surface area contributed by atoms with Crippen LogP contribution in [-0.2, 0) is 16.4 Å². The number of nitrogens with one attached hydrogen (secondary N) is 1. The van der Waals surface area contributed by atoms with Gasteiger partial charge in [-0.15, -0.1) is 0 Å². The monoisotopic (exact) mass is 373 g/mol. The lowest BCUT2D eigenvalue weighted by molar-refractivity contribution is 0.0935. The fraction of sp³-hybridized carbons (Fsp3) is 0.368. The third-order valence-electron chi connectivity index (χ3n) is 4.39. The number of amides is 1. The second-order valence-electron chi connectivity index (χ2n) is 6.74. The van der Waals surface area contributed by atoms with Crippen LogP contribution in [0.1, 0.15) is 40.7 Å². The Bertz CT molecular complexity index is 974. The van der Waals surface area contributed by atoms with Gasteiger partial charge in [0, 0.05) is 17.3 Å². The van der Waals surface area contributed by atoms with Crippen LogP contribution in [-0.4, -0.2) is 35.9 Å². The molecule has 2 heterocycles. The summed E-state index contributed by atoms with van der Waals surface area (Å²) in [6, 6.07) is 8.65. The summed E-state index contributed by atoms with van der Waals surface area (Å²) in [5, 5.41) is 7.35. The van der Waals surface area contributed by atoms with Gasteiger partial charge in [0.05, 0.1) is 22.9 Å². The van der Waals surface area contributed by atoms with Gasteiger partial charge in [0.2, 0.25) is 0 Å². The molecule has 1 N–H and O–H groups in total. The number of hydrogen-bond acceptors (Lipinski definition) is 4. The van der Waals surface area contributed by atoms with Crippen molar-refractivity contribution in [1.82, 2.24) is 15.1 Å². The van der Waals surface area contributed by atoms with Crippen molar-refractivity contribution < 1.29 is 13.2 Å².